The summed E-state index contributed by atoms with van der Waals surface area (Å²) in [6, 6.07) is -0.161. The number of carbonyl (C=O) groups excluding carboxylic acids is 1. The van der Waals surface area contributed by atoms with Crippen molar-refractivity contribution in [1.82, 2.24) is 15.6 Å². The Bertz CT molecular complexity index is 324. The summed E-state index contributed by atoms with van der Waals surface area (Å²) >= 11 is 1.61. The Morgan fingerprint density at radius 3 is 2.93 bits per heavy atom. The molecular weight excluding hydrogens is 210 g/mol. The molecule has 1 rings (SSSR count). The fourth-order valence-electron chi connectivity index (χ4n) is 1.16. The Morgan fingerprint density at radius 2 is 2.40 bits per heavy atom. The van der Waals surface area contributed by atoms with Crippen LogP contribution in [-0.4, -0.2) is 23.5 Å². The van der Waals surface area contributed by atoms with E-state index in [0.29, 0.717) is 13.1 Å². The second-order valence-electron chi connectivity index (χ2n) is 3.36. The molecule has 0 saturated carbocycles. The summed E-state index contributed by atoms with van der Waals surface area (Å²) < 4.78 is 0. The number of carbonyl (C=O) groups is 1. The lowest BCUT2D eigenvalue weighted by Gasteiger charge is -2.12. The molecule has 4 nitrogen and oxygen atoms in total. The highest BCUT2D eigenvalue weighted by Crippen LogP contribution is 2.11. The predicted molar refractivity (Wildman–Crippen MR) is 61.8 cm³/mol. The first-order valence-corrected chi connectivity index (χ1v) is 5.93. The van der Waals surface area contributed by atoms with Crippen LogP contribution in [0.15, 0.2) is 5.51 Å². The molecule has 1 aromatic heterocycles. The number of rotatable bonds is 5. The summed E-state index contributed by atoms with van der Waals surface area (Å²) in [7, 11) is 0. The van der Waals surface area contributed by atoms with Crippen LogP contribution < -0.4 is 10.6 Å². The predicted octanol–water partition coefficient (Wildman–Crippen LogP) is 1.07. The molecule has 15 heavy (non-hydrogen) atoms. The molecule has 0 bridgehead atoms. The van der Waals surface area contributed by atoms with Crippen molar-refractivity contribution < 1.29 is 4.79 Å². The smallest absolute Gasteiger partial charge is 0.236 e. The largest absolute Gasteiger partial charge is 0.355 e. The molecule has 0 saturated heterocycles. The van der Waals surface area contributed by atoms with Gasteiger partial charge in [0.05, 0.1) is 17.2 Å². The Morgan fingerprint density at radius 1 is 1.67 bits per heavy atom. The average Bonchev–Trinajstić information content (AvgIpc) is 2.61. The molecule has 0 aliphatic carbocycles. The third-order valence-corrected chi connectivity index (χ3v) is 3.09. The first kappa shape index (κ1) is 12.1. The second kappa shape index (κ2) is 5.82. The molecule has 0 aliphatic heterocycles. The molecule has 2 N–H and O–H groups in total. The summed E-state index contributed by atoms with van der Waals surface area (Å²) in [6.45, 7) is 7.13. The van der Waals surface area contributed by atoms with Crippen LogP contribution in [-0.2, 0) is 11.3 Å². The van der Waals surface area contributed by atoms with Crippen molar-refractivity contribution in [2.45, 2.75) is 33.4 Å². The molecule has 1 unspecified atom stereocenters. The minimum atomic E-state index is -0.161. The Hall–Kier alpha value is -0.940. The van der Waals surface area contributed by atoms with E-state index >= 15 is 0 Å². The SMILES string of the molecule is CCNC(=O)C(C)NCc1scnc1C. The molecule has 1 atom stereocenters. The lowest BCUT2D eigenvalue weighted by molar-refractivity contribution is -0.122. The minimum Gasteiger partial charge on any atom is -0.355 e. The van der Waals surface area contributed by atoms with Gasteiger partial charge < -0.3 is 10.6 Å². The summed E-state index contributed by atoms with van der Waals surface area (Å²) in [5, 5.41) is 5.95. The fourth-order valence-corrected chi connectivity index (χ4v) is 1.89. The van der Waals surface area contributed by atoms with E-state index in [1.807, 2.05) is 26.3 Å². The van der Waals surface area contributed by atoms with Crippen molar-refractivity contribution >= 4 is 17.2 Å². The lowest BCUT2D eigenvalue weighted by Crippen LogP contribution is -2.41. The second-order valence-corrected chi connectivity index (χ2v) is 4.30. The normalized spacial score (nSPS) is 12.5. The van der Waals surface area contributed by atoms with Gasteiger partial charge in [0.15, 0.2) is 0 Å². The standard InChI is InChI=1S/C10H17N3OS/c1-4-11-10(14)8(3)12-5-9-7(2)13-6-15-9/h6,8,12H,4-5H2,1-3H3,(H,11,14). The maximum Gasteiger partial charge on any atom is 0.236 e. The minimum absolute atomic E-state index is 0.0414. The van der Waals surface area contributed by atoms with Crippen LogP contribution in [0.1, 0.15) is 24.4 Å². The molecular formula is C10H17N3OS. The van der Waals surface area contributed by atoms with Crippen molar-refractivity contribution in [3.8, 4) is 0 Å². The number of aryl methyl sites for hydroxylation is 1. The molecule has 1 amide bonds. The van der Waals surface area contributed by atoms with E-state index in [0.717, 1.165) is 5.69 Å². The van der Waals surface area contributed by atoms with Crippen LogP contribution in [0.2, 0.25) is 0 Å². The molecule has 1 aromatic rings. The maximum absolute atomic E-state index is 11.4. The zero-order valence-corrected chi connectivity index (χ0v) is 10.1. The van der Waals surface area contributed by atoms with Gasteiger partial charge in [-0.2, -0.15) is 0 Å². The maximum atomic E-state index is 11.4. The highest BCUT2D eigenvalue weighted by atomic mass is 32.1. The zero-order valence-electron chi connectivity index (χ0n) is 9.33. The lowest BCUT2D eigenvalue weighted by atomic mass is 10.3. The van der Waals surface area contributed by atoms with Crippen LogP contribution in [0.5, 0.6) is 0 Å². The molecule has 0 aliphatic rings. The van der Waals surface area contributed by atoms with Crippen molar-refractivity contribution in [3.05, 3.63) is 16.1 Å². The Kier molecular flexibility index (Phi) is 4.71. The van der Waals surface area contributed by atoms with Gasteiger partial charge in [0, 0.05) is 18.0 Å². The number of hydrogen-bond acceptors (Lipinski definition) is 4. The number of amides is 1. The third-order valence-electron chi connectivity index (χ3n) is 2.16. The number of aromatic nitrogens is 1. The molecule has 0 fully saturated rings. The van der Waals surface area contributed by atoms with Crippen molar-refractivity contribution in [1.29, 1.82) is 0 Å². The van der Waals surface area contributed by atoms with E-state index in [2.05, 4.69) is 15.6 Å². The van der Waals surface area contributed by atoms with Gasteiger partial charge >= 0.3 is 0 Å². The van der Waals surface area contributed by atoms with Gasteiger partial charge in [-0.05, 0) is 20.8 Å². The first-order valence-electron chi connectivity index (χ1n) is 5.05. The van der Waals surface area contributed by atoms with Crippen LogP contribution in [0, 0.1) is 6.92 Å². The molecule has 1 heterocycles. The van der Waals surface area contributed by atoms with E-state index in [-0.39, 0.29) is 11.9 Å². The van der Waals surface area contributed by atoms with E-state index in [9.17, 15) is 4.79 Å². The monoisotopic (exact) mass is 227 g/mol. The third kappa shape index (κ3) is 3.60. The van der Waals surface area contributed by atoms with Crippen LogP contribution >= 0.6 is 11.3 Å². The number of nitrogens with one attached hydrogen (secondary N) is 2. The van der Waals surface area contributed by atoms with Gasteiger partial charge in [-0.15, -0.1) is 11.3 Å². The van der Waals surface area contributed by atoms with Crippen LogP contribution in [0.3, 0.4) is 0 Å². The number of likely N-dealkylation sites (N-methyl/N-ethyl adjacent to an activating group) is 1. The Balaban J connectivity index is 2.37. The van der Waals surface area contributed by atoms with E-state index in [1.165, 1.54) is 4.88 Å². The zero-order chi connectivity index (χ0) is 11.3. The highest BCUT2D eigenvalue weighted by molar-refractivity contribution is 7.09. The number of hydrogen-bond donors (Lipinski definition) is 2. The highest BCUT2D eigenvalue weighted by Gasteiger charge is 2.11. The van der Waals surface area contributed by atoms with Gasteiger partial charge in [-0.25, -0.2) is 4.98 Å². The topological polar surface area (TPSA) is 54.0 Å². The molecule has 0 aromatic carbocycles. The van der Waals surface area contributed by atoms with Crippen molar-refractivity contribution in [2.24, 2.45) is 0 Å². The molecule has 0 radical (unpaired) electrons. The first-order chi connectivity index (χ1) is 7.15. The van der Waals surface area contributed by atoms with Gasteiger partial charge in [-0.1, -0.05) is 0 Å². The summed E-state index contributed by atoms with van der Waals surface area (Å²) in [5.74, 6) is 0.0414. The van der Waals surface area contributed by atoms with Crippen molar-refractivity contribution in [2.75, 3.05) is 6.54 Å². The number of thiazole rings is 1. The molecule has 5 heteroatoms. The average molecular weight is 227 g/mol. The fraction of sp³-hybridized carbons (Fsp3) is 0.600. The van der Waals surface area contributed by atoms with Crippen LogP contribution in [0.4, 0.5) is 0 Å². The van der Waals surface area contributed by atoms with Gasteiger partial charge in [0.25, 0.3) is 0 Å². The van der Waals surface area contributed by atoms with Gasteiger partial charge in [0.2, 0.25) is 5.91 Å². The summed E-state index contributed by atoms with van der Waals surface area (Å²) in [6.07, 6.45) is 0. The molecule has 0 spiro atoms. The number of nitrogens with zero attached hydrogens (tertiary/aromatic N) is 1. The van der Waals surface area contributed by atoms with Gasteiger partial charge in [0.1, 0.15) is 0 Å². The summed E-state index contributed by atoms with van der Waals surface area (Å²) in [4.78, 5) is 16.7. The Labute approximate surface area is 94.1 Å². The van der Waals surface area contributed by atoms with E-state index < -0.39 is 0 Å². The molecule has 84 valence electrons. The van der Waals surface area contributed by atoms with E-state index in [4.69, 9.17) is 0 Å². The van der Waals surface area contributed by atoms with Crippen LogP contribution in [0.25, 0.3) is 0 Å². The van der Waals surface area contributed by atoms with E-state index in [1.54, 1.807) is 11.3 Å². The summed E-state index contributed by atoms with van der Waals surface area (Å²) in [5.41, 5.74) is 2.86. The quantitative estimate of drug-likeness (QED) is 0.791. The van der Waals surface area contributed by atoms with Crippen molar-refractivity contribution in [3.63, 3.8) is 0 Å². The van der Waals surface area contributed by atoms with Gasteiger partial charge in [-0.3, -0.25) is 4.79 Å².